The largest absolute Gasteiger partial charge is 0.302 e. The SMILES string of the molecule is Cc1ccc(-c2sc(NC(=O)CC3CCCCC3)nc2C)cc1S(=O)(=O)Nc1cnc(Cl)c(C)c1. The average molecular weight is 533 g/mol. The fraction of sp³-hybridized carbons (Fsp3) is 0.400. The lowest BCUT2D eigenvalue weighted by Gasteiger charge is -2.20. The number of rotatable bonds is 7. The summed E-state index contributed by atoms with van der Waals surface area (Å²) in [6.07, 6.45) is 7.77. The van der Waals surface area contributed by atoms with Gasteiger partial charge in [-0.05, 0) is 68.4 Å². The number of aromatic nitrogens is 2. The van der Waals surface area contributed by atoms with Crippen LogP contribution >= 0.6 is 22.9 Å². The molecule has 0 saturated heterocycles. The van der Waals surface area contributed by atoms with Crippen LogP contribution in [-0.4, -0.2) is 24.3 Å². The number of thiazole rings is 1. The van der Waals surface area contributed by atoms with E-state index in [-0.39, 0.29) is 10.8 Å². The number of aryl methyl sites for hydroxylation is 3. The molecule has 7 nitrogen and oxygen atoms in total. The zero-order valence-corrected chi connectivity index (χ0v) is 22.4. The van der Waals surface area contributed by atoms with Gasteiger partial charge in [0.25, 0.3) is 10.0 Å². The first-order chi connectivity index (χ1) is 16.6. The second-order valence-corrected chi connectivity index (χ2v) is 12.1. The van der Waals surface area contributed by atoms with E-state index in [0.717, 1.165) is 29.0 Å². The van der Waals surface area contributed by atoms with Crippen LogP contribution in [0.2, 0.25) is 5.15 Å². The van der Waals surface area contributed by atoms with Gasteiger partial charge in [0, 0.05) is 6.42 Å². The first-order valence-electron chi connectivity index (χ1n) is 11.7. The predicted molar refractivity (Wildman–Crippen MR) is 142 cm³/mol. The molecule has 10 heteroatoms. The summed E-state index contributed by atoms with van der Waals surface area (Å²) in [4.78, 5) is 22.1. The van der Waals surface area contributed by atoms with E-state index in [2.05, 4.69) is 20.0 Å². The molecule has 0 radical (unpaired) electrons. The fourth-order valence-corrected chi connectivity index (χ4v) is 6.78. The number of anilines is 2. The van der Waals surface area contributed by atoms with Crippen molar-refractivity contribution >= 4 is 49.7 Å². The van der Waals surface area contributed by atoms with Gasteiger partial charge in [0.05, 0.1) is 27.4 Å². The zero-order valence-electron chi connectivity index (χ0n) is 20.0. The normalized spacial score (nSPS) is 14.6. The lowest BCUT2D eigenvalue weighted by atomic mass is 9.87. The number of hydrogen-bond acceptors (Lipinski definition) is 6. The van der Waals surface area contributed by atoms with E-state index in [9.17, 15) is 13.2 Å². The molecular formula is C25H29ClN4O3S2. The Kier molecular flexibility index (Phi) is 7.78. The van der Waals surface area contributed by atoms with Crippen LogP contribution in [0.1, 0.15) is 55.3 Å². The van der Waals surface area contributed by atoms with Crippen molar-refractivity contribution in [3.63, 3.8) is 0 Å². The molecule has 3 aromatic rings. The van der Waals surface area contributed by atoms with E-state index in [1.54, 1.807) is 32.0 Å². The minimum atomic E-state index is -3.86. The third-order valence-corrected chi connectivity index (χ3v) is 9.29. The monoisotopic (exact) mass is 532 g/mol. The molecule has 1 aliphatic rings. The summed E-state index contributed by atoms with van der Waals surface area (Å²) in [5.41, 5.74) is 3.09. The zero-order chi connectivity index (χ0) is 25.2. The molecule has 35 heavy (non-hydrogen) atoms. The molecule has 2 N–H and O–H groups in total. The highest BCUT2D eigenvalue weighted by molar-refractivity contribution is 7.92. The minimum Gasteiger partial charge on any atom is -0.302 e. The summed E-state index contributed by atoms with van der Waals surface area (Å²) in [5, 5.41) is 3.80. The van der Waals surface area contributed by atoms with Gasteiger partial charge in [0.15, 0.2) is 5.13 Å². The van der Waals surface area contributed by atoms with Crippen molar-refractivity contribution in [1.29, 1.82) is 0 Å². The number of halogens is 1. The molecule has 4 rings (SSSR count). The van der Waals surface area contributed by atoms with Gasteiger partial charge in [0.2, 0.25) is 5.91 Å². The molecular weight excluding hydrogens is 504 g/mol. The molecule has 0 spiro atoms. The molecule has 0 aliphatic heterocycles. The molecule has 0 atom stereocenters. The first kappa shape index (κ1) is 25.6. The quantitative estimate of drug-likeness (QED) is 0.338. The van der Waals surface area contributed by atoms with Crippen molar-refractivity contribution in [2.24, 2.45) is 5.92 Å². The van der Waals surface area contributed by atoms with Crippen LogP contribution in [0.3, 0.4) is 0 Å². The summed E-state index contributed by atoms with van der Waals surface area (Å²) in [6.45, 7) is 5.37. The minimum absolute atomic E-state index is 0.0135. The van der Waals surface area contributed by atoms with Gasteiger partial charge in [0.1, 0.15) is 5.15 Å². The second-order valence-electron chi connectivity index (χ2n) is 9.11. The Hall–Kier alpha value is -2.49. The molecule has 0 bridgehead atoms. The molecule has 1 aliphatic carbocycles. The number of carbonyl (C=O) groups is 1. The molecule has 1 fully saturated rings. The lowest BCUT2D eigenvalue weighted by molar-refractivity contribution is -0.117. The van der Waals surface area contributed by atoms with E-state index < -0.39 is 10.0 Å². The number of nitrogens with one attached hydrogen (secondary N) is 2. The van der Waals surface area contributed by atoms with E-state index in [0.29, 0.717) is 39.4 Å². The van der Waals surface area contributed by atoms with Crippen LogP contribution in [0.4, 0.5) is 10.8 Å². The maximum atomic E-state index is 13.2. The van der Waals surface area contributed by atoms with Crippen LogP contribution < -0.4 is 10.0 Å². The Morgan fingerprint density at radius 3 is 2.57 bits per heavy atom. The Labute approximate surface area is 215 Å². The summed E-state index contributed by atoms with van der Waals surface area (Å²) in [7, 11) is -3.86. The maximum absolute atomic E-state index is 13.2. The Morgan fingerprint density at radius 2 is 1.86 bits per heavy atom. The Morgan fingerprint density at radius 1 is 1.11 bits per heavy atom. The molecule has 2 aromatic heterocycles. The van der Waals surface area contributed by atoms with E-state index in [1.807, 2.05) is 13.0 Å². The molecule has 186 valence electrons. The lowest BCUT2D eigenvalue weighted by Crippen LogP contribution is -2.18. The highest BCUT2D eigenvalue weighted by Crippen LogP contribution is 2.35. The van der Waals surface area contributed by atoms with Crippen LogP contribution in [0, 0.1) is 26.7 Å². The second kappa shape index (κ2) is 10.6. The van der Waals surface area contributed by atoms with Crippen molar-refractivity contribution in [2.75, 3.05) is 10.0 Å². The number of nitrogens with zero attached hydrogens (tertiary/aromatic N) is 2. The number of sulfonamides is 1. The van der Waals surface area contributed by atoms with Crippen LogP contribution in [-0.2, 0) is 14.8 Å². The van der Waals surface area contributed by atoms with Gasteiger partial charge < -0.3 is 5.32 Å². The number of hydrogen-bond donors (Lipinski definition) is 2. The van der Waals surface area contributed by atoms with Crippen molar-refractivity contribution in [3.05, 3.63) is 52.4 Å². The summed E-state index contributed by atoms with van der Waals surface area (Å²) in [5.74, 6) is 0.432. The highest BCUT2D eigenvalue weighted by Gasteiger charge is 2.21. The molecule has 0 unspecified atom stereocenters. The smallest absolute Gasteiger partial charge is 0.262 e. The summed E-state index contributed by atoms with van der Waals surface area (Å²) in [6, 6.07) is 6.93. The molecule has 2 heterocycles. The van der Waals surface area contributed by atoms with Crippen LogP contribution in [0.15, 0.2) is 35.4 Å². The predicted octanol–water partition coefficient (Wildman–Crippen LogP) is 6.49. The topological polar surface area (TPSA) is 101 Å². The van der Waals surface area contributed by atoms with Gasteiger partial charge >= 0.3 is 0 Å². The van der Waals surface area contributed by atoms with Gasteiger partial charge in [-0.1, -0.05) is 54.3 Å². The Bertz CT molecular complexity index is 1350. The van der Waals surface area contributed by atoms with Gasteiger partial charge in [-0.3, -0.25) is 9.52 Å². The molecule has 1 amide bonds. The Balaban J connectivity index is 1.54. The fourth-order valence-electron chi connectivity index (χ4n) is 4.40. The average Bonchev–Trinajstić information content (AvgIpc) is 3.16. The number of amides is 1. The van der Waals surface area contributed by atoms with Crippen LogP contribution in [0.5, 0.6) is 0 Å². The van der Waals surface area contributed by atoms with E-state index in [4.69, 9.17) is 11.6 Å². The van der Waals surface area contributed by atoms with Crippen molar-refractivity contribution in [3.8, 4) is 10.4 Å². The third-order valence-electron chi connectivity index (χ3n) is 6.25. The molecule has 1 aromatic carbocycles. The summed E-state index contributed by atoms with van der Waals surface area (Å²) >= 11 is 7.31. The standard InChI is InChI=1S/C25H29ClN4O3S2/c1-15-9-10-19(13-21(15)35(32,33)30-20-11-16(2)24(26)27-14-20)23-17(3)28-25(34-23)29-22(31)12-18-7-5-4-6-8-18/h9-11,13-14,18,30H,4-8,12H2,1-3H3,(H,28,29,31). The van der Waals surface area contributed by atoms with Crippen LogP contribution in [0.25, 0.3) is 10.4 Å². The van der Waals surface area contributed by atoms with Crippen molar-refractivity contribution in [2.45, 2.75) is 64.2 Å². The first-order valence-corrected chi connectivity index (χ1v) is 14.3. The maximum Gasteiger partial charge on any atom is 0.262 e. The molecule has 1 saturated carbocycles. The van der Waals surface area contributed by atoms with Gasteiger partial charge in [-0.2, -0.15) is 0 Å². The van der Waals surface area contributed by atoms with Gasteiger partial charge in [-0.15, -0.1) is 0 Å². The van der Waals surface area contributed by atoms with Crippen molar-refractivity contribution < 1.29 is 13.2 Å². The number of carbonyl (C=O) groups excluding carboxylic acids is 1. The van der Waals surface area contributed by atoms with Crippen molar-refractivity contribution in [1.82, 2.24) is 9.97 Å². The van der Waals surface area contributed by atoms with Gasteiger partial charge in [-0.25, -0.2) is 18.4 Å². The summed E-state index contributed by atoms with van der Waals surface area (Å²) < 4.78 is 29.0. The van der Waals surface area contributed by atoms with E-state index >= 15 is 0 Å². The highest BCUT2D eigenvalue weighted by atomic mass is 35.5. The van der Waals surface area contributed by atoms with E-state index in [1.165, 1.54) is 36.8 Å². The number of pyridine rings is 1. The third kappa shape index (κ3) is 6.20. The number of benzene rings is 1.